The van der Waals surface area contributed by atoms with Crippen LogP contribution in [0.5, 0.6) is 0 Å². The smallest absolute Gasteiger partial charge is 0.208 e. The number of hydrogen-bond donors (Lipinski definition) is 3. The summed E-state index contributed by atoms with van der Waals surface area (Å²) in [7, 11) is 0.144. The third-order valence-corrected chi connectivity index (χ3v) is 4.51. The first-order valence-corrected chi connectivity index (χ1v) is 8.51. The molecule has 0 amide bonds. The van der Waals surface area contributed by atoms with Crippen molar-refractivity contribution in [3.8, 4) is 0 Å². The molecule has 0 aliphatic carbocycles. The highest BCUT2D eigenvalue weighted by Crippen LogP contribution is 2.10. The van der Waals surface area contributed by atoms with Crippen molar-refractivity contribution in [1.29, 1.82) is 0 Å². The predicted octanol–water partition coefficient (Wildman–Crippen LogP) is 2.55. The second-order valence-electron chi connectivity index (χ2n) is 4.41. The number of aliphatic hydroxyl groups excluding tert-OH is 2. The summed E-state index contributed by atoms with van der Waals surface area (Å²) in [6.07, 6.45) is 7.41. The molecule has 107 valence electrons. The number of ether oxygens (including phenoxy) is 1. The van der Waals surface area contributed by atoms with E-state index in [0.717, 1.165) is 12.8 Å². The summed E-state index contributed by atoms with van der Waals surface area (Å²) < 4.78 is 4.92. The molecule has 0 aromatic heterocycles. The zero-order valence-electron chi connectivity index (χ0n) is 11.6. The molecular formula is C13H27O3SSi. The number of aliphatic hydroxyl groups is 2. The number of thiol groups is 1. The largest absolute Gasteiger partial charge is 0.513 e. The zero-order valence-corrected chi connectivity index (χ0v) is 13.5. The summed E-state index contributed by atoms with van der Waals surface area (Å²) >= 11 is 4.44. The van der Waals surface area contributed by atoms with Crippen molar-refractivity contribution in [3.05, 3.63) is 0 Å². The van der Waals surface area contributed by atoms with Gasteiger partial charge in [0.1, 0.15) is 5.35 Å². The fourth-order valence-electron chi connectivity index (χ4n) is 1.67. The lowest BCUT2D eigenvalue weighted by Gasteiger charge is -2.11. The Kier molecular flexibility index (Phi) is 12.3. The summed E-state index contributed by atoms with van der Waals surface area (Å²) in [5.74, 6) is 0. The molecule has 2 unspecified atom stereocenters. The van der Waals surface area contributed by atoms with Gasteiger partial charge in [0.2, 0.25) is 6.29 Å². The van der Waals surface area contributed by atoms with Crippen molar-refractivity contribution >= 4 is 27.1 Å². The Labute approximate surface area is 119 Å². The van der Waals surface area contributed by atoms with Crippen molar-refractivity contribution in [1.82, 2.24) is 0 Å². The summed E-state index contributed by atoms with van der Waals surface area (Å²) in [6.45, 7) is 4.39. The summed E-state index contributed by atoms with van der Waals surface area (Å²) in [5, 5.41) is 19.0. The Balaban J connectivity index is 3.68. The fraction of sp³-hybridized carbons (Fsp3) is 0.923. The van der Waals surface area contributed by atoms with Crippen LogP contribution in [0, 0.1) is 0 Å². The van der Waals surface area contributed by atoms with Gasteiger partial charge in [0.15, 0.2) is 0 Å². The lowest BCUT2D eigenvalue weighted by molar-refractivity contribution is -0.0520. The Hall–Kier alpha value is 0.157. The maximum absolute atomic E-state index is 9.60. The molecule has 2 N–H and O–H groups in total. The quantitative estimate of drug-likeness (QED) is 0.237. The van der Waals surface area contributed by atoms with Gasteiger partial charge in [-0.05, 0) is 13.3 Å². The van der Waals surface area contributed by atoms with Crippen LogP contribution < -0.4 is 0 Å². The molecule has 0 fully saturated rings. The van der Waals surface area contributed by atoms with Crippen LogP contribution in [0.4, 0.5) is 0 Å². The number of hydrogen-bond acceptors (Lipinski definition) is 4. The molecule has 5 heteroatoms. The molecule has 0 rings (SSSR count). The molecule has 3 nitrogen and oxygen atoms in total. The molecule has 0 aromatic rings. The lowest BCUT2D eigenvalue weighted by Crippen LogP contribution is -2.28. The van der Waals surface area contributed by atoms with Crippen LogP contribution in [0.3, 0.4) is 0 Å². The van der Waals surface area contributed by atoms with Crippen molar-refractivity contribution in [3.63, 3.8) is 0 Å². The van der Waals surface area contributed by atoms with Crippen LogP contribution in [0.2, 0.25) is 0 Å². The van der Waals surface area contributed by atoms with Gasteiger partial charge in [-0.1, -0.05) is 45.4 Å². The van der Waals surface area contributed by atoms with E-state index in [2.05, 4.69) is 19.6 Å². The van der Waals surface area contributed by atoms with Gasteiger partial charge in [-0.2, -0.15) is 12.6 Å². The Morgan fingerprint density at radius 1 is 1.17 bits per heavy atom. The first kappa shape index (κ1) is 18.2. The highest BCUT2D eigenvalue weighted by Gasteiger charge is 2.11. The predicted molar refractivity (Wildman–Crippen MR) is 81.1 cm³/mol. The first-order valence-electron chi connectivity index (χ1n) is 6.91. The van der Waals surface area contributed by atoms with E-state index < -0.39 is 6.29 Å². The highest BCUT2D eigenvalue weighted by molar-refractivity contribution is 7.82. The standard InChI is InChI=1S/C13H27O3SSi/c1-3-5-6-7-8-9-10-11(17)18-13(15)12(14)16-4-2/h11-12,14-15,17H,3-10H2,1-2H3. The van der Waals surface area contributed by atoms with Gasteiger partial charge in [-0.15, -0.1) is 0 Å². The van der Waals surface area contributed by atoms with Gasteiger partial charge >= 0.3 is 0 Å². The van der Waals surface area contributed by atoms with Crippen LogP contribution in [0.25, 0.3) is 0 Å². The summed E-state index contributed by atoms with van der Waals surface area (Å²) in [4.78, 5) is 0.131. The number of unbranched alkanes of at least 4 members (excludes halogenated alkanes) is 5. The van der Waals surface area contributed by atoms with E-state index in [0.29, 0.717) is 6.61 Å². The van der Waals surface area contributed by atoms with Crippen molar-refractivity contribution < 1.29 is 14.9 Å². The molecule has 0 spiro atoms. The van der Waals surface area contributed by atoms with Crippen LogP contribution in [-0.2, 0) is 4.74 Å². The molecular weight excluding hydrogens is 264 g/mol. The van der Waals surface area contributed by atoms with Crippen LogP contribution in [0.15, 0.2) is 0 Å². The Morgan fingerprint density at radius 2 is 1.78 bits per heavy atom. The van der Waals surface area contributed by atoms with Crippen LogP contribution >= 0.6 is 12.6 Å². The highest BCUT2D eigenvalue weighted by atomic mass is 32.1. The second-order valence-corrected chi connectivity index (χ2v) is 7.02. The van der Waals surface area contributed by atoms with Crippen LogP contribution in [0.1, 0.15) is 58.8 Å². The Morgan fingerprint density at radius 3 is 2.39 bits per heavy atom. The van der Waals surface area contributed by atoms with Gasteiger partial charge in [0.05, 0.1) is 9.13 Å². The van der Waals surface area contributed by atoms with E-state index >= 15 is 0 Å². The average molecular weight is 292 g/mol. The molecule has 2 atom stereocenters. The fourth-order valence-corrected chi connectivity index (χ4v) is 3.16. The SMILES string of the molecule is CCCCCCCCC(S)[Si]=C(O)C(O)OCC. The van der Waals surface area contributed by atoms with E-state index in [4.69, 9.17) is 4.74 Å². The van der Waals surface area contributed by atoms with Gasteiger partial charge in [0, 0.05) is 11.5 Å². The third-order valence-electron chi connectivity index (χ3n) is 2.70. The van der Waals surface area contributed by atoms with Crippen molar-refractivity contribution in [2.75, 3.05) is 6.61 Å². The maximum Gasteiger partial charge on any atom is 0.208 e. The average Bonchev–Trinajstić information content (AvgIpc) is 2.33. The van der Waals surface area contributed by atoms with E-state index in [9.17, 15) is 10.2 Å². The topological polar surface area (TPSA) is 49.7 Å². The van der Waals surface area contributed by atoms with Crippen molar-refractivity contribution in [2.24, 2.45) is 0 Å². The molecule has 0 aromatic carbocycles. The second kappa shape index (κ2) is 12.2. The third kappa shape index (κ3) is 10.1. The van der Waals surface area contributed by atoms with Crippen LogP contribution in [-0.4, -0.2) is 42.5 Å². The van der Waals surface area contributed by atoms with Gasteiger partial charge in [-0.25, -0.2) is 0 Å². The normalized spacial score (nSPS) is 15.7. The molecule has 1 radical (unpaired) electrons. The summed E-state index contributed by atoms with van der Waals surface area (Å²) in [5.41, 5.74) is 0. The van der Waals surface area contributed by atoms with E-state index in [1.54, 1.807) is 6.92 Å². The first-order chi connectivity index (χ1) is 8.61. The molecule has 0 heterocycles. The van der Waals surface area contributed by atoms with E-state index in [-0.39, 0.29) is 19.4 Å². The van der Waals surface area contributed by atoms with Gasteiger partial charge in [-0.3, -0.25) is 0 Å². The van der Waals surface area contributed by atoms with E-state index in [1.165, 1.54) is 32.1 Å². The monoisotopic (exact) mass is 291 g/mol. The lowest BCUT2D eigenvalue weighted by atomic mass is 10.1. The molecule has 0 saturated carbocycles. The molecule has 0 saturated heterocycles. The summed E-state index contributed by atoms with van der Waals surface area (Å²) in [6, 6.07) is 0. The van der Waals surface area contributed by atoms with Gasteiger partial charge < -0.3 is 14.9 Å². The van der Waals surface area contributed by atoms with Crippen molar-refractivity contribution in [2.45, 2.75) is 70.0 Å². The Bertz CT molecular complexity index is 224. The molecule has 0 aliphatic heterocycles. The minimum atomic E-state index is -1.15. The minimum absolute atomic E-state index is 0.0165. The molecule has 0 bridgehead atoms. The number of rotatable bonds is 11. The maximum atomic E-state index is 9.60. The molecule has 18 heavy (non-hydrogen) atoms. The minimum Gasteiger partial charge on any atom is -0.513 e. The molecule has 0 aliphatic rings. The zero-order chi connectivity index (χ0) is 13.8. The van der Waals surface area contributed by atoms with E-state index in [1.807, 2.05) is 0 Å². The van der Waals surface area contributed by atoms with Gasteiger partial charge in [0.25, 0.3) is 0 Å².